The van der Waals surface area contributed by atoms with E-state index < -0.39 is 22.9 Å². The van der Waals surface area contributed by atoms with Crippen LogP contribution in [0.1, 0.15) is 24.2 Å². The van der Waals surface area contributed by atoms with Gasteiger partial charge in [0.05, 0.1) is 15.5 Å². The van der Waals surface area contributed by atoms with E-state index in [0.29, 0.717) is 11.4 Å². The van der Waals surface area contributed by atoms with Gasteiger partial charge in [-0.1, -0.05) is 11.6 Å². The van der Waals surface area contributed by atoms with Crippen LogP contribution in [0, 0.1) is 10.1 Å². The van der Waals surface area contributed by atoms with E-state index >= 15 is 0 Å². The molecule has 28 heavy (non-hydrogen) atoms. The Balaban J connectivity index is 1.99. The van der Waals surface area contributed by atoms with Crippen molar-refractivity contribution >= 4 is 46.4 Å². The summed E-state index contributed by atoms with van der Waals surface area (Å²) in [5.41, 5.74) is 0.648. The lowest BCUT2D eigenvalue weighted by atomic mass is 10.2. The van der Waals surface area contributed by atoms with Crippen LogP contribution in [-0.4, -0.2) is 28.8 Å². The van der Waals surface area contributed by atoms with Gasteiger partial charge in [-0.2, -0.15) is 0 Å². The predicted molar refractivity (Wildman–Crippen MR) is 102 cm³/mol. The van der Waals surface area contributed by atoms with E-state index in [1.165, 1.54) is 13.8 Å². The van der Waals surface area contributed by atoms with Gasteiger partial charge in [-0.3, -0.25) is 19.7 Å². The van der Waals surface area contributed by atoms with Gasteiger partial charge in [-0.05, 0) is 37.3 Å². The molecule has 0 saturated carbocycles. The van der Waals surface area contributed by atoms with Crippen molar-refractivity contribution in [3.63, 3.8) is 0 Å². The van der Waals surface area contributed by atoms with Gasteiger partial charge in [0.15, 0.2) is 6.10 Å². The number of esters is 1. The molecule has 1 atom stereocenters. The highest BCUT2D eigenvalue weighted by molar-refractivity contribution is 6.33. The first-order valence-electron chi connectivity index (χ1n) is 8.01. The molecule has 0 aliphatic carbocycles. The highest BCUT2D eigenvalue weighted by Gasteiger charge is 2.22. The first-order chi connectivity index (χ1) is 13.2. The Morgan fingerprint density at radius 2 is 1.64 bits per heavy atom. The molecule has 2 aromatic carbocycles. The van der Waals surface area contributed by atoms with E-state index in [1.807, 2.05) is 0 Å². The molecule has 9 nitrogen and oxygen atoms in total. The molecule has 0 aliphatic rings. The number of non-ortho nitro benzene ring substituents is 1. The number of halogens is 1. The average Bonchev–Trinajstić information content (AvgIpc) is 2.62. The molecule has 0 spiro atoms. The third-order valence-corrected chi connectivity index (χ3v) is 3.82. The molecular weight excluding hydrogens is 390 g/mol. The molecule has 0 unspecified atom stereocenters. The molecule has 0 heterocycles. The fraction of sp³-hybridized carbons (Fsp3) is 0.167. The van der Waals surface area contributed by atoms with Crippen LogP contribution in [0.2, 0.25) is 5.02 Å². The summed E-state index contributed by atoms with van der Waals surface area (Å²) in [6.45, 7) is 2.75. The standard InChI is InChI=1S/C18H16ClN3O6/c1-10(17(24)21-13-5-3-12(4-6-13)20-11(2)23)28-18(25)15-8-7-14(22(26)27)9-16(15)19/h3-10H,1-2H3,(H,20,23)(H,21,24)/t10-/m1/s1. The normalized spacial score (nSPS) is 11.2. The molecule has 2 N–H and O–H groups in total. The van der Waals surface area contributed by atoms with E-state index in [9.17, 15) is 24.5 Å². The summed E-state index contributed by atoms with van der Waals surface area (Å²) in [6, 6.07) is 9.65. The third-order valence-electron chi connectivity index (χ3n) is 3.51. The Kier molecular flexibility index (Phi) is 6.67. The van der Waals surface area contributed by atoms with Crippen LogP contribution in [-0.2, 0) is 14.3 Å². The number of nitro groups is 1. The number of carbonyl (C=O) groups excluding carboxylic acids is 3. The number of hydrogen-bond donors (Lipinski definition) is 2. The molecule has 10 heteroatoms. The van der Waals surface area contributed by atoms with Crippen LogP contribution in [0.25, 0.3) is 0 Å². The second-order valence-corrected chi connectivity index (χ2v) is 6.12. The Labute approximate surface area is 164 Å². The second-order valence-electron chi connectivity index (χ2n) is 5.72. The molecule has 2 aromatic rings. The zero-order valence-corrected chi connectivity index (χ0v) is 15.6. The van der Waals surface area contributed by atoms with Crippen molar-refractivity contribution in [2.75, 3.05) is 10.6 Å². The van der Waals surface area contributed by atoms with Crippen molar-refractivity contribution in [3.8, 4) is 0 Å². The van der Waals surface area contributed by atoms with Gasteiger partial charge in [0, 0.05) is 30.4 Å². The van der Waals surface area contributed by atoms with E-state index in [2.05, 4.69) is 10.6 Å². The Hall–Kier alpha value is -3.46. The molecule has 2 amide bonds. The maximum Gasteiger partial charge on any atom is 0.340 e. The van der Waals surface area contributed by atoms with Crippen LogP contribution >= 0.6 is 11.6 Å². The summed E-state index contributed by atoms with van der Waals surface area (Å²) >= 11 is 5.88. The quantitative estimate of drug-likeness (QED) is 0.430. The lowest BCUT2D eigenvalue weighted by Crippen LogP contribution is -2.30. The van der Waals surface area contributed by atoms with Crippen LogP contribution in [0.5, 0.6) is 0 Å². The minimum atomic E-state index is -1.14. The maximum atomic E-state index is 12.2. The van der Waals surface area contributed by atoms with E-state index in [-0.39, 0.29) is 22.2 Å². The van der Waals surface area contributed by atoms with E-state index in [0.717, 1.165) is 18.2 Å². The first-order valence-corrected chi connectivity index (χ1v) is 8.38. The Bertz CT molecular complexity index is 929. The minimum absolute atomic E-state index is 0.0911. The van der Waals surface area contributed by atoms with Crippen molar-refractivity contribution in [2.45, 2.75) is 20.0 Å². The lowest BCUT2D eigenvalue weighted by molar-refractivity contribution is -0.384. The minimum Gasteiger partial charge on any atom is -0.449 e. The first kappa shape index (κ1) is 20.8. The van der Waals surface area contributed by atoms with E-state index in [4.69, 9.17) is 16.3 Å². The zero-order valence-electron chi connectivity index (χ0n) is 14.9. The van der Waals surface area contributed by atoms with Crippen LogP contribution < -0.4 is 10.6 Å². The summed E-state index contributed by atoms with van der Waals surface area (Å²) in [4.78, 5) is 45.4. The summed E-state index contributed by atoms with van der Waals surface area (Å²) in [5, 5.41) is 15.7. The molecule has 146 valence electrons. The molecular formula is C18H16ClN3O6. The van der Waals surface area contributed by atoms with Crippen molar-refractivity contribution < 1.29 is 24.0 Å². The lowest BCUT2D eigenvalue weighted by Gasteiger charge is -2.14. The fourth-order valence-corrected chi connectivity index (χ4v) is 2.40. The number of rotatable bonds is 6. The molecule has 0 aromatic heterocycles. The van der Waals surface area contributed by atoms with Gasteiger partial charge < -0.3 is 15.4 Å². The highest BCUT2D eigenvalue weighted by atomic mass is 35.5. The smallest absolute Gasteiger partial charge is 0.340 e. The topological polar surface area (TPSA) is 128 Å². The van der Waals surface area contributed by atoms with Gasteiger partial charge in [0.2, 0.25) is 5.91 Å². The summed E-state index contributed by atoms with van der Waals surface area (Å²) in [6.07, 6.45) is -1.14. The number of nitrogens with one attached hydrogen (secondary N) is 2. The third kappa shape index (κ3) is 5.52. The second kappa shape index (κ2) is 8.96. The van der Waals surface area contributed by atoms with E-state index in [1.54, 1.807) is 24.3 Å². The highest BCUT2D eigenvalue weighted by Crippen LogP contribution is 2.23. The monoisotopic (exact) mass is 405 g/mol. The molecule has 0 bridgehead atoms. The molecule has 0 saturated heterocycles. The number of hydrogen-bond acceptors (Lipinski definition) is 6. The van der Waals surface area contributed by atoms with Crippen LogP contribution in [0.4, 0.5) is 17.1 Å². The number of nitro benzene ring substituents is 1. The van der Waals surface area contributed by atoms with Gasteiger partial charge in [0.1, 0.15) is 0 Å². The number of ether oxygens (including phenoxy) is 1. The van der Waals surface area contributed by atoms with Crippen LogP contribution in [0.3, 0.4) is 0 Å². The SMILES string of the molecule is CC(=O)Nc1ccc(NC(=O)[C@@H](C)OC(=O)c2ccc([N+](=O)[O-])cc2Cl)cc1. The number of nitrogens with zero attached hydrogens (tertiary/aromatic N) is 1. The maximum absolute atomic E-state index is 12.2. The Morgan fingerprint density at radius 3 is 2.14 bits per heavy atom. The summed E-state index contributed by atoms with van der Waals surface area (Å²) in [7, 11) is 0. The zero-order chi connectivity index (χ0) is 20.8. The van der Waals surface area contributed by atoms with Gasteiger partial charge >= 0.3 is 5.97 Å². The number of carbonyl (C=O) groups is 3. The van der Waals surface area contributed by atoms with Gasteiger partial charge in [-0.25, -0.2) is 4.79 Å². The fourth-order valence-electron chi connectivity index (χ4n) is 2.14. The molecule has 0 fully saturated rings. The molecule has 0 radical (unpaired) electrons. The largest absolute Gasteiger partial charge is 0.449 e. The number of amides is 2. The Morgan fingerprint density at radius 1 is 1.07 bits per heavy atom. The number of anilines is 2. The predicted octanol–water partition coefficient (Wildman–Crippen LogP) is 3.39. The van der Waals surface area contributed by atoms with Crippen molar-refractivity contribution in [2.24, 2.45) is 0 Å². The average molecular weight is 406 g/mol. The molecule has 2 rings (SSSR count). The van der Waals surface area contributed by atoms with Gasteiger partial charge in [-0.15, -0.1) is 0 Å². The van der Waals surface area contributed by atoms with Crippen molar-refractivity contribution in [1.82, 2.24) is 0 Å². The summed E-state index contributed by atoms with van der Waals surface area (Å²) < 4.78 is 5.07. The molecule has 0 aliphatic heterocycles. The number of benzene rings is 2. The van der Waals surface area contributed by atoms with Crippen molar-refractivity contribution in [3.05, 3.63) is 63.2 Å². The van der Waals surface area contributed by atoms with Gasteiger partial charge in [0.25, 0.3) is 11.6 Å². The summed E-state index contributed by atoms with van der Waals surface area (Å²) in [5.74, 6) is -1.69. The van der Waals surface area contributed by atoms with Crippen LogP contribution in [0.15, 0.2) is 42.5 Å². The van der Waals surface area contributed by atoms with Crippen molar-refractivity contribution in [1.29, 1.82) is 0 Å².